The molecule has 1 aliphatic rings. The van der Waals surface area contributed by atoms with Crippen LogP contribution < -0.4 is 5.32 Å². The molecule has 0 radical (unpaired) electrons. The molecule has 6 heteroatoms. The second-order valence-corrected chi connectivity index (χ2v) is 5.18. The zero-order chi connectivity index (χ0) is 13.1. The van der Waals surface area contributed by atoms with Crippen molar-refractivity contribution < 1.29 is 19.4 Å². The Morgan fingerprint density at radius 3 is 2.35 bits per heavy atom. The monoisotopic (exact) mass is 244 g/mol. The molecule has 1 unspecified atom stereocenters. The lowest BCUT2D eigenvalue weighted by Gasteiger charge is -2.28. The summed E-state index contributed by atoms with van der Waals surface area (Å²) in [5.74, 6) is -0.785. The minimum Gasteiger partial charge on any atom is -0.390 e. The van der Waals surface area contributed by atoms with Crippen molar-refractivity contribution in [1.29, 1.82) is 0 Å². The maximum Gasteiger partial charge on any atom is 0.255 e. The minimum atomic E-state index is -0.764. The molecule has 1 saturated heterocycles. The Bertz CT molecular complexity index is 282. The van der Waals surface area contributed by atoms with Crippen molar-refractivity contribution in [2.75, 3.05) is 26.3 Å². The summed E-state index contributed by atoms with van der Waals surface area (Å²) in [6, 6.07) is 0. The summed E-state index contributed by atoms with van der Waals surface area (Å²) in [6.45, 7) is 6.10. The third kappa shape index (κ3) is 4.80. The van der Waals surface area contributed by atoms with Gasteiger partial charge in [-0.05, 0) is 20.8 Å². The molecule has 0 aromatic carbocycles. The van der Waals surface area contributed by atoms with Crippen LogP contribution in [-0.2, 0) is 14.3 Å². The summed E-state index contributed by atoms with van der Waals surface area (Å²) in [6.07, 6.45) is -0.764. The van der Waals surface area contributed by atoms with Crippen molar-refractivity contribution in [2.45, 2.75) is 32.4 Å². The lowest BCUT2D eigenvalue weighted by atomic mass is 10.1. The molecule has 17 heavy (non-hydrogen) atoms. The molecular formula is C11H20N2O4. The molecule has 6 nitrogen and oxygen atoms in total. The first-order valence-electron chi connectivity index (χ1n) is 5.63. The van der Waals surface area contributed by atoms with Crippen LogP contribution in [0.15, 0.2) is 0 Å². The largest absolute Gasteiger partial charge is 0.390 e. The number of amides is 2. The van der Waals surface area contributed by atoms with E-state index in [2.05, 4.69) is 5.32 Å². The number of aliphatic hydroxyl groups excluding tert-OH is 1. The smallest absolute Gasteiger partial charge is 0.255 e. The summed E-state index contributed by atoms with van der Waals surface area (Å²) in [5, 5.41) is 12.9. The van der Waals surface area contributed by atoms with E-state index in [1.165, 1.54) is 0 Å². The number of nitrogens with zero attached hydrogens (tertiary/aromatic N) is 1. The Balaban J connectivity index is 2.41. The zero-order valence-corrected chi connectivity index (χ0v) is 10.5. The van der Waals surface area contributed by atoms with Gasteiger partial charge >= 0.3 is 0 Å². The Hall–Kier alpha value is -0.980. The van der Waals surface area contributed by atoms with Crippen molar-refractivity contribution in [3.8, 4) is 0 Å². The number of carbonyl (C=O) groups is 2. The Morgan fingerprint density at radius 2 is 1.88 bits per heavy atom. The van der Waals surface area contributed by atoms with E-state index in [1.807, 2.05) is 20.8 Å². The number of morpholine rings is 1. The average Bonchev–Trinajstić information content (AvgIpc) is 2.20. The molecule has 1 rings (SSSR count). The molecule has 2 N–H and O–H groups in total. The van der Waals surface area contributed by atoms with Crippen molar-refractivity contribution in [3.63, 3.8) is 0 Å². The third-order valence-electron chi connectivity index (χ3n) is 2.31. The van der Waals surface area contributed by atoms with E-state index in [0.717, 1.165) is 4.90 Å². The molecule has 1 heterocycles. The molecule has 0 aromatic heterocycles. The number of rotatable bonds is 4. The van der Waals surface area contributed by atoms with E-state index in [-0.39, 0.29) is 25.3 Å². The maximum absolute atomic E-state index is 11.4. The number of hydrogen-bond acceptors (Lipinski definition) is 5. The van der Waals surface area contributed by atoms with Crippen LogP contribution in [0.3, 0.4) is 0 Å². The van der Waals surface area contributed by atoms with Crippen LogP contribution in [0.1, 0.15) is 20.8 Å². The Labute approximate surface area is 101 Å². The number of β-amino-alcohol motifs (C(OH)–C–C–N with tert-alkyl or cyclic N) is 1. The first-order chi connectivity index (χ1) is 7.79. The quantitative estimate of drug-likeness (QED) is 0.628. The zero-order valence-electron chi connectivity index (χ0n) is 10.5. The molecule has 1 fully saturated rings. The Kier molecular flexibility index (Phi) is 4.62. The van der Waals surface area contributed by atoms with Crippen LogP contribution in [0.2, 0.25) is 0 Å². The Morgan fingerprint density at radius 1 is 1.35 bits per heavy atom. The highest BCUT2D eigenvalue weighted by Crippen LogP contribution is 2.03. The molecule has 0 aromatic rings. The van der Waals surface area contributed by atoms with Crippen LogP contribution >= 0.6 is 0 Å². The van der Waals surface area contributed by atoms with Gasteiger partial charge < -0.3 is 15.2 Å². The van der Waals surface area contributed by atoms with Gasteiger partial charge in [0.25, 0.3) is 11.8 Å². The molecule has 0 aliphatic carbocycles. The summed E-state index contributed by atoms with van der Waals surface area (Å²) in [4.78, 5) is 23.8. The van der Waals surface area contributed by atoms with E-state index in [4.69, 9.17) is 4.74 Å². The number of nitrogens with one attached hydrogen (secondary N) is 1. The van der Waals surface area contributed by atoms with E-state index < -0.39 is 17.9 Å². The molecule has 1 aliphatic heterocycles. The van der Waals surface area contributed by atoms with Crippen LogP contribution in [-0.4, -0.2) is 59.8 Å². The fraction of sp³-hybridized carbons (Fsp3) is 0.818. The van der Waals surface area contributed by atoms with Crippen LogP contribution in [0.25, 0.3) is 0 Å². The topological polar surface area (TPSA) is 78.9 Å². The normalized spacial score (nSPS) is 19.6. The van der Waals surface area contributed by atoms with E-state index in [1.54, 1.807) is 0 Å². The van der Waals surface area contributed by atoms with Gasteiger partial charge in [-0.25, -0.2) is 0 Å². The van der Waals surface area contributed by atoms with Crippen LogP contribution in [0, 0.1) is 0 Å². The lowest BCUT2D eigenvalue weighted by Crippen LogP contribution is -2.51. The van der Waals surface area contributed by atoms with Gasteiger partial charge in [0.2, 0.25) is 0 Å². The highest BCUT2D eigenvalue weighted by molar-refractivity contribution is 5.98. The third-order valence-corrected chi connectivity index (χ3v) is 2.31. The van der Waals surface area contributed by atoms with Crippen molar-refractivity contribution in [1.82, 2.24) is 10.2 Å². The highest BCUT2D eigenvalue weighted by Gasteiger charge is 2.28. The SMILES string of the molecule is CC(C)(C)NCC(O)CN1C(=O)COCC1=O. The number of carbonyl (C=O) groups excluding carboxylic acids is 2. The molecule has 0 saturated carbocycles. The fourth-order valence-electron chi connectivity index (χ4n) is 1.42. The van der Waals surface area contributed by atoms with Crippen molar-refractivity contribution in [3.05, 3.63) is 0 Å². The summed E-state index contributed by atoms with van der Waals surface area (Å²) >= 11 is 0. The van der Waals surface area contributed by atoms with Gasteiger partial charge in [-0.15, -0.1) is 0 Å². The predicted octanol–water partition coefficient (Wildman–Crippen LogP) is -0.879. The van der Waals surface area contributed by atoms with Gasteiger partial charge in [0.1, 0.15) is 13.2 Å². The fourth-order valence-corrected chi connectivity index (χ4v) is 1.42. The minimum absolute atomic E-state index is 0.0180. The molecule has 2 amide bonds. The first kappa shape index (κ1) is 14.1. The second-order valence-electron chi connectivity index (χ2n) is 5.18. The number of hydrogen-bond donors (Lipinski definition) is 2. The van der Waals surface area contributed by atoms with Gasteiger partial charge in [0.05, 0.1) is 12.6 Å². The van der Waals surface area contributed by atoms with Crippen molar-refractivity contribution in [2.24, 2.45) is 0 Å². The maximum atomic E-state index is 11.4. The number of ether oxygens (including phenoxy) is 1. The van der Waals surface area contributed by atoms with Gasteiger partial charge in [-0.3, -0.25) is 14.5 Å². The number of imide groups is 1. The predicted molar refractivity (Wildman–Crippen MR) is 61.3 cm³/mol. The second kappa shape index (κ2) is 5.57. The molecule has 98 valence electrons. The lowest BCUT2D eigenvalue weighted by molar-refractivity contribution is -0.160. The van der Waals surface area contributed by atoms with E-state index in [9.17, 15) is 14.7 Å². The average molecular weight is 244 g/mol. The summed E-state index contributed by atoms with van der Waals surface area (Å²) in [7, 11) is 0. The molecule has 0 bridgehead atoms. The van der Waals surface area contributed by atoms with Crippen LogP contribution in [0.5, 0.6) is 0 Å². The van der Waals surface area contributed by atoms with Crippen molar-refractivity contribution >= 4 is 11.8 Å². The highest BCUT2D eigenvalue weighted by atomic mass is 16.5. The molecular weight excluding hydrogens is 224 g/mol. The van der Waals surface area contributed by atoms with Gasteiger partial charge in [-0.2, -0.15) is 0 Å². The summed E-state index contributed by atoms with van der Waals surface area (Å²) < 4.78 is 4.78. The molecule has 1 atom stereocenters. The first-order valence-corrected chi connectivity index (χ1v) is 5.63. The van der Waals surface area contributed by atoms with Gasteiger partial charge in [0.15, 0.2) is 0 Å². The van der Waals surface area contributed by atoms with Gasteiger partial charge in [-0.1, -0.05) is 0 Å². The van der Waals surface area contributed by atoms with E-state index >= 15 is 0 Å². The number of aliphatic hydroxyl groups is 1. The standard InChI is InChI=1S/C11H20N2O4/c1-11(2,3)12-4-8(14)5-13-9(15)6-17-7-10(13)16/h8,12,14H,4-7H2,1-3H3. The molecule has 0 spiro atoms. The van der Waals surface area contributed by atoms with Crippen LogP contribution in [0.4, 0.5) is 0 Å². The van der Waals surface area contributed by atoms with Gasteiger partial charge in [0, 0.05) is 12.1 Å². The summed E-state index contributed by atoms with van der Waals surface area (Å²) in [5.41, 5.74) is -0.111. The van der Waals surface area contributed by atoms with E-state index in [0.29, 0.717) is 6.54 Å².